The van der Waals surface area contributed by atoms with Gasteiger partial charge < -0.3 is 9.73 Å². The average Bonchev–Trinajstić information content (AvgIpc) is 3.10. The molecular weight excluding hydrogens is 328 g/mol. The summed E-state index contributed by atoms with van der Waals surface area (Å²) < 4.78 is 7.62. The van der Waals surface area contributed by atoms with Crippen molar-refractivity contribution in [3.8, 4) is 0 Å². The lowest BCUT2D eigenvalue weighted by molar-refractivity contribution is -0.121. The third-order valence-electron chi connectivity index (χ3n) is 4.74. The minimum absolute atomic E-state index is 0.0702. The molecule has 26 heavy (non-hydrogen) atoms. The summed E-state index contributed by atoms with van der Waals surface area (Å²) in [7, 11) is 1.93. The molecule has 1 N–H and O–H groups in total. The minimum atomic E-state index is 0.0702. The van der Waals surface area contributed by atoms with Gasteiger partial charge in [-0.1, -0.05) is 6.07 Å². The number of aryl methyl sites for hydroxylation is 4. The monoisotopic (exact) mass is 354 g/mol. The normalized spacial score (nSPS) is 11.2. The quantitative estimate of drug-likeness (QED) is 0.662. The van der Waals surface area contributed by atoms with E-state index in [4.69, 9.17) is 4.42 Å². The Balaban J connectivity index is 1.42. The first-order valence-electron chi connectivity index (χ1n) is 9.06. The smallest absolute Gasteiger partial charge is 0.220 e. The molecule has 0 aliphatic heterocycles. The van der Waals surface area contributed by atoms with E-state index in [0.29, 0.717) is 13.0 Å². The van der Waals surface area contributed by atoms with Gasteiger partial charge in [-0.25, -0.2) is 4.98 Å². The van der Waals surface area contributed by atoms with Crippen LogP contribution in [0, 0.1) is 20.8 Å². The Morgan fingerprint density at radius 3 is 2.77 bits per heavy atom. The maximum absolute atomic E-state index is 12.1. The Kier molecular flexibility index (Phi) is 5.40. The average molecular weight is 354 g/mol. The Labute approximate surface area is 153 Å². The largest absolute Gasteiger partial charge is 0.441 e. The van der Waals surface area contributed by atoms with Crippen LogP contribution in [0.25, 0.3) is 11.1 Å². The van der Waals surface area contributed by atoms with E-state index >= 15 is 0 Å². The molecule has 0 radical (unpaired) electrons. The number of carbonyl (C=O) groups excluding carboxylic acids is 1. The molecule has 0 aliphatic rings. The number of nitrogens with zero attached hydrogens (tertiary/aromatic N) is 3. The zero-order valence-corrected chi connectivity index (χ0v) is 15.9. The van der Waals surface area contributed by atoms with Crippen molar-refractivity contribution in [3.63, 3.8) is 0 Å². The zero-order valence-electron chi connectivity index (χ0n) is 15.9. The second-order valence-electron chi connectivity index (χ2n) is 6.81. The molecule has 3 aromatic rings. The van der Waals surface area contributed by atoms with Gasteiger partial charge in [-0.3, -0.25) is 9.48 Å². The van der Waals surface area contributed by atoms with Gasteiger partial charge in [-0.05, 0) is 56.9 Å². The highest BCUT2D eigenvalue weighted by atomic mass is 16.3. The standard InChI is InChI=1S/C20H26N4O2/c1-13-7-9-17-18(12-13)26-20(22-17)6-5-11-21-19(25)10-8-16-14(2)23-24(4)15(16)3/h7,9,12H,5-6,8,10-11H2,1-4H3,(H,21,25). The number of amides is 1. The molecule has 0 saturated heterocycles. The lowest BCUT2D eigenvalue weighted by atomic mass is 10.1. The van der Waals surface area contributed by atoms with Crippen LogP contribution >= 0.6 is 0 Å². The van der Waals surface area contributed by atoms with Gasteiger partial charge in [-0.15, -0.1) is 0 Å². The fraction of sp³-hybridized carbons (Fsp3) is 0.450. The van der Waals surface area contributed by atoms with E-state index in [-0.39, 0.29) is 5.91 Å². The maximum Gasteiger partial charge on any atom is 0.220 e. The number of fused-ring (bicyclic) bond motifs is 1. The summed E-state index contributed by atoms with van der Waals surface area (Å²) >= 11 is 0. The summed E-state index contributed by atoms with van der Waals surface area (Å²) in [4.78, 5) is 16.5. The molecule has 0 spiro atoms. The van der Waals surface area contributed by atoms with Gasteiger partial charge in [0.2, 0.25) is 5.91 Å². The molecule has 1 aromatic carbocycles. The molecule has 0 fully saturated rings. The molecule has 0 atom stereocenters. The first kappa shape index (κ1) is 18.2. The second-order valence-corrected chi connectivity index (χ2v) is 6.81. The van der Waals surface area contributed by atoms with Gasteiger partial charge in [0.25, 0.3) is 0 Å². The van der Waals surface area contributed by atoms with Crippen LogP contribution in [0.4, 0.5) is 0 Å². The van der Waals surface area contributed by atoms with Crippen molar-refractivity contribution in [2.45, 2.75) is 46.5 Å². The van der Waals surface area contributed by atoms with Crippen LogP contribution in [0.1, 0.15) is 41.2 Å². The first-order valence-corrected chi connectivity index (χ1v) is 9.06. The topological polar surface area (TPSA) is 73.0 Å². The van der Waals surface area contributed by atoms with Gasteiger partial charge in [0.1, 0.15) is 5.52 Å². The number of oxazole rings is 1. The number of aromatic nitrogens is 3. The molecule has 0 aliphatic carbocycles. The van der Waals surface area contributed by atoms with E-state index in [1.165, 1.54) is 5.56 Å². The summed E-state index contributed by atoms with van der Waals surface area (Å²) in [5.74, 6) is 0.794. The highest BCUT2D eigenvalue weighted by Crippen LogP contribution is 2.18. The van der Waals surface area contributed by atoms with Crippen molar-refractivity contribution in [1.29, 1.82) is 0 Å². The van der Waals surface area contributed by atoms with Gasteiger partial charge in [-0.2, -0.15) is 5.10 Å². The van der Waals surface area contributed by atoms with Gasteiger partial charge in [0.15, 0.2) is 11.5 Å². The molecule has 0 bridgehead atoms. The summed E-state index contributed by atoms with van der Waals surface area (Å²) in [5.41, 5.74) is 6.17. The molecule has 6 heteroatoms. The number of hydrogen-bond donors (Lipinski definition) is 1. The van der Waals surface area contributed by atoms with E-state index in [1.54, 1.807) is 0 Å². The minimum Gasteiger partial charge on any atom is -0.441 e. The molecular formula is C20H26N4O2. The molecule has 3 rings (SSSR count). The fourth-order valence-corrected chi connectivity index (χ4v) is 3.16. The third kappa shape index (κ3) is 4.12. The Hall–Kier alpha value is -2.63. The number of carbonyl (C=O) groups is 1. The molecule has 6 nitrogen and oxygen atoms in total. The van der Waals surface area contributed by atoms with Crippen LogP contribution in [0.3, 0.4) is 0 Å². The Bertz CT molecular complexity index is 923. The lowest BCUT2D eigenvalue weighted by Crippen LogP contribution is -2.25. The predicted octanol–water partition coefficient (Wildman–Crippen LogP) is 3.17. The van der Waals surface area contributed by atoms with E-state index in [1.807, 2.05) is 50.7 Å². The SMILES string of the molecule is Cc1ccc2nc(CCCNC(=O)CCc3c(C)nn(C)c3C)oc2c1. The van der Waals surface area contributed by atoms with E-state index in [2.05, 4.69) is 15.4 Å². The number of hydrogen-bond acceptors (Lipinski definition) is 4. The molecule has 0 unspecified atom stereocenters. The first-order chi connectivity index (χ1) is 12.4. The van der Waals surface area contributed by atoms with Gasteiger partial charge in [0, 0.05) is 32.1 Å². The van der Waals surface area contributed by atoms with Crippen LogP contribution in [-0.4, -0.2) is 27.2 Å². The van der Waals surface area contributed by atoms with E-state index < -0.39 is 0 Å². The second kappa shape index (κ2) is 7.72. The fourth-order valence-electron chi connectivity index (χ4n) is 3.16. The van der Waals surface area contributed by atoms with Crippen molar-refractivity contribution in [1.82, 2.24) is 20.1 Å². The van der Waals surface area contributed by atoms with Crippen molar-refractivity contribution >= 4 is 17.0 Å². The number of benzene rings is 1. The van der Waals surface area contributed by atoms with E-state index in [9.17, 15) is 4.79 Å². The van der Waals surface area contributed by atoms with Crippen LogP contribution in [0.2, 0.25) is 0 Å². The van der Waals surface area contributed by atoms with Crippen molar-refractivity contribution in [3.05, 3.63) is 46.6 Å². The zero-order chi connectivity index (χ0) is 18.7. The summed E-state index contributed by atoms with van der Waals surface area (Å²) in [6.07, 6.45) is 2.73. The lowest BCUT2D eigenvalue weighted by Gasteiger charge is -2.05. The highest BCUT2D eigenvalue weighted by Gasteiger charge is 2.11. The Morgan fingerprint density at radius 2 is 2.04 bits per heavy atom. The molecule has 138 valence electrons. The molecule has 2 heterocycles. The molecule has 2 aromatic heterocycles. The number of rotatable bonds is 7. The molecule has 1 amide bonds. The third-order valence-corrected chi connectivity index (χ3v) is 4.74. The van der Waals surface area contributed by atoms with Crippen LogP contribution in [0.15, 0.2) is 22.6 Å². The van der Waals surface area contributed by atoms with E-state index in [0.717, 1.165) is 53.2 Å². The Morgan fingerprint density at radius 1 is 1.23 bits per heavy atom. The predicted molar refractivity (Wildman–Crippen MR) is 101 cm³/mol. The van der Waals surface area contributed by atoms with Gasteiger partial charge in [0.05, 0.1) is 5.69 Å². The van der Waals surface area contributed by atoms with Crippen molar-refractivity contribution < 1.29 is 9.21 Å². The highest BCUT2D eigenvalue weighted by molar-refractivity contribution is 5.76. The maximum atomic E-state index is 12.1. The summed E-state index contributed by atoms with van der Waals surface area (Å²) in [6.45, 7) is 6.68. The van der Waals surface area contributed by atoms with Crippen LogP contribution in [0.5, 0.6) is 0 Å². The van der Waals surface area contributed by atoms with Crippen LogP contribution in [-0.2, 0) is 24.7 Å². The van der Waals surface area contributed by atoms with Crippen molar-refractivity contribution in [2.75, 3.05) is 6.54 Å². The van der Waals surface area contributed by atoms with Gasteiger partial charge >= 0.3 is 0 Å². The summed E-state index contributed by atoms with van der Waals surface area (Å²) in [6, 6.07) is 6.00. The number of nitrogens with one attached hydrogen (secondary N) is 1. The summed E-state index contributed by atoms with van der Waals surface area (Å²) in [5, 5.41) is 7.36. The van der Waals surface area contributed by atoms with Crippen molar-refractivity contribution in [2.24, 2.45) is 7.05 Å². The molecule has 0 saturated carbocycles. The van der Waals surface area contributed by atoms with Crippen LogP contribution < -0.4 is 5.32 Å².